The van der Waals surface area contributed by atoms with E-state index in [9.17, 15) is 25.2 Å². The summed E-state index contributed by atoms with van der Waals surface area (Å²) in [6.07, 6.45) is 1.94. The molecule has 0 fully saturated rings. The number of amides is 1. The number of aliphatic hydroxyl groups excluding tert-OH is 1. The van der Waals surface area contributed by atoms with Gasteiger partial charge in [0.2, 0.25) is 5.75 Å². The summed E-state index contributed by atoms with van der Waals surface area (Å²) in [4.78, 5) is 13.5. The molecule has 3 aromatic rings. The minimum atomic E-state index is -1.04. The summed E-state index contributed by atoms with van der Waals surface area (Å²) in [6, 6.07) is 11.7. The van der Waals surface area contributed by atoms with Crippen LogP contribution < -0.4 is 16.6 Å². The fourth-order valence-electron chi connectivity index (χ4n) is 4.83. The topological polar surface area (TPSA) is 192 Å². The Balaban J connectivity index is 0.000000179. The molecule has 1 unspecified atom stereocenters. The number of aromatic hydroxyl groups is 5. The highest BCUT2D eigenvalue weighted by atomic mass is 16.3. The van der Waals surface area contributed by atoms with E-state index in [0.717, 1.165) is 36.1 Å². The Kier molecular flexibility index (Phi) is 7.93. The Morgan fingerprint density at radius 1 is 1.00 bits per heavy atom. The minimum Gasteiger partial charge on any atom is -0.504 e. The van der Waals surface area contributed by atoms with Gasteiger partial charge in [0.25, 0.3) is 5.91 Å². The summed E-state index contributed by atoms with van der Waals surface area (Å²) in [6.45, 7) is 0.586. The first kappa shape index (κ1) is 27.0. The lowest BCUT2D eigenvalue weighted by atomic mass is 9.77. The molecule has 11 heteroatoms. The van der Waals surface area contributed by atoms with E-state index in [-0.39, 0.29) is 23.6 Å². The molecule has 0 bridgehead atoms. The highest BCUT2D eigenvalue weighted by Gasteiger charge is 2.34. The molecule has 2 aliphatic rings. The molecule has 5 rings (SSSR count). The van der Waals surface area contributed by atoms with Crippen molar-refractivity contribution in [1.82, 2.24) is 15.8 Å². The van der Waals surface area contributed by atoms with Crippen LogP contribution in [-0.4, -0.2) is 67.7 Å². The molecule has 0 saturated carbocycles. The van der Waals surface area contributed by atoms with E-state index in [2.05, 4.69) is 41.0 Å². The number of likely N-dealkylation sites (N-methyl/N-ethyl adjacent to an activating group) is 1. The molecule has 2 atom stereocenters. The summed E-state index contributed by atoms with van der Waals surface area (Å²) in [7, 11) is 2.16. The molecule has 202 valence electrons. The van der Waals surface area contributed by atoms with E-state index in [0.29, 0.717) is 6.04 Å². The van der Waals surface area contributed by atoms with E-state index in [1.165, 1.54) is 23.3 Å². The first-order chi connectivity index (χ1) is 18.1. The number of hydrogen-bond donors (Lipinski definition) is 9. The molecular weight excluding hydrogens is 492 g/mol. The fraction of sp³-hybridized carbons (Fsp3) is 0.296. The first-order valence-electron chi connectivity index (χ1n) is 12.1. The number of rotatable bonds is 5. The number of nitrogens with two attached hydrogens (primary N) is 1. The van der Waals surface area contributed by atoms with Gasteiger partial charge in [0.1, 0.15) is 6.04 Å². The maximum absolute atomic E-state index is 11.2. The number of aliphatic hydroxyl groups is 1. The van der Waals surface area contributed by atoms with Gasteiger partial charge >= 0.3 is 0 Å². The maximum Gasteiger partial charge on any atom is 0.253 e. The molecule has 1 amide bonds. The van der Waals surface area contributed by atoms with E-state index in [1.807, 2.05) is 6.07 Å². The van der Waals surface area contributed by atoms with Gasteiger partial charge in [-0.3, -0.25) is 15.1 Å². The highest BCUT2D eigenvalue weighted by molar-refractivity contribution is 5.82. The standard InChI is InChI=1S/C17H17NO2.C10H15N3O5/c1-18-8-7-10-3-2-4-12-15(10)13(18)9-11-5-6-14(19)17(20)16(11)12;11-6(4-14)10(18)13-12-3-5-1-2-7(15)9(17)8(5)16/h2-6,13,19-20H,7-9H2,1H3;1-2,6,12,14-17H,3-4,11H2,(H,13,18)/t13-;/m1./s1. The number of carbonyl (C=O) groups excluding carboxylic acids is 1. The van der Waals surface area contributed by atoms with Crippen LogP contribution in [0.5, 0.6) is 28.7 Å². The van der Waals surface area contributed by atoms with Gasteiger partial charge in [-0.1, -0.05) is 30.3 Å². The van der Waals surface area contributed by atoms with Crippen LogP contribution in [0.2, 0.25) is 0 Å². The number of phenolic OH excluding ortho intramolecular Hbond substituents is 5. The number of hydrogen-bond acceptors (Lipinski definition) is 10. The van der Waals surface area contributed by atoms with Crippen molar-refractivity contribution in [2.75, 3.05) is 20.2 Å². The van der Waals surface area contributed by atoms with Crippen molar-refractivity contribution in [3.63, 3.8) is 0 Å². The van der Waals surface area contributed by atoms with Crippen LogP contribution in [0.3, 0.4) is 0 Å². The van der Waals surface area contributed by atoms with Gasteiger partial charge in [0.15, 0.2) is 23.0 Å². The average Bonchev–Trinajstić information content (AvgIpc) is 2.92. The van der Waals surface area contributed by atoms with Gasteiger partial charge in [-0.05, 0) is 54.3 Å². The van der Waals surface area contributed by atoms with Gasteiger partial charge in [0, 0.05) is 30.3 Å². The van der Waals surface area contributed by atoms with Gasteiger partial charge in [-0.15, -0.1) is 0 Å². The Bertz CT molecular complexity index is 1350. The number of phenols is 5. The monoisotopic (exact) mass is 524 g/mol. The van der Waals surface area contributed by atoms with Crippen molar-refractivity contribution in [2.24, 2.45) is 5.73 Å². The van der Waals surface area contributed by atoms with Gasteiger partial charge in [-0.2, -0.15) is 0 Å². The molecule has 1 aliphatic carbocycles. The predicted molar refractivity (Wildman–Crippen MR) is 139 cm³/mol. The highest BCUT2D eigenvalue weighted by Crippen LogP contribution is 2.49. The van der Waals surface area contributed by atoms with Crippen LogP contribution in [0.4, 0.5) is 0 Å². The molecule has 1 heterocycles. The van der Waals surface area contributed by atoms with Crippen LogP contribution in [0.15, 0.2) is 42.5 Å². The van der Waals surface area contributed by atoms with Crippen molar-refractivity contribution in [1.29, 1.82) is 0 Å². The van der Waals surface area contributed by atoms with E-state index < -0.39 is 35.8 Å². The minimum absolute atomic E-state index is 0.00353. The predicted octanol–water partition coefficient (Wildman–Crippen LogP) is 1.09. The largest absolute Gasteiger partial charge is 0.504 e. The molecule has 0 aromatic heterocycles. The van der Waals surface area contributed by atoms with E-state index in [4.69, 9.17) is 15.9 Å². The summed E-state index contributed by atoms with van der Waals surface area (Å²) in [5, 5.41) is 56.5. The Morgan fingerprint density at radius 2 is 1.71 bits per heavy atom. The maximum atomic E-state index is 11.2. The molecule has 38 heavy (non-hydrogen) atoms. The zero-order valence-corrected chi connectivity index (χ0v) is 20.8. The van der Waals surface area contributed by atoms with Crippen LogP contribution >= 0.6 is 0 Å². The van der Waals surface area contributed by atoms with Crippen molar-refractivity contribution < 1.29 is 35.4 Å². The Hall–Kier alpha value is -4.03. The molecule has 1 aliphatic heterocycles. The van der Waals surface area contributed by atoms with Crippen LogP contribution in [0.1, 0.15) is 28.3 Å². The number of fused-ring (bicyclic) bond motifs is 2. The summed E-state index contributed by atoms with van der Waals surface area (Å²) in [5.74, 6) is -2.19. The van der Waals surface area contributed by atoms with Crippen LogP contribution in [-0.2, 0) is 24.2 Å². The second kappa shape index (κ2) is 11.2. The molecule has 3 aromatic carbocycles. The van der Waals surface area contributed by atoms with Gasteiger partial charge in [-0.25, -0.2) is 5.43 Å². The zero-order chi connectivity index (χ0) is 27.6. The second-order valence-corrected chi connectivity index (χ2v) is 9.37. The number of benzene rings is 3. The smallest absolute Gasteiger partial charge is 0.253 e. The van der Waals surface area contributed by atoms with Crippen molar-refractivity contribution in [3.05, 3.63) is 64.7 Å². The molecule has 0 spiro atoms. The molecule has 0 radical (unpaired) electrons. The van der Waals surface area contributed by atoms with Crippen LogP contribution in [0, 0.1) is 0 Å². The van der Waals surface area contributed by atoms with Crippen molar-refractivity contribution >= 4 is 5.91 Å². The number of carbonyl (C=O) groups is 1. The molecule has 11 nitrogen and oxygen atoms in total. The number of nitrogens with one attached hydrogen (secondary N) is 2. The summed E-state index contributed by atoms with van der Waals surface area (Å²) < 4.78 is 0. The van der Waals surface area contributed by atoms with Gasteiger partial charge < -0.3 is 36.4 Å². The summed E-state index contributed by atoms with van der Waals surface area (Å²) >= 11 is 0. The first-order valence-corrected chi connectivity index (χ1v) is 12.1. The molecule has 0 saturated heterocycles. The van der Waals surface area contributed by atoms with E-state index in [1.54, 1.807) is 6.07 Å². The number of nitrogens with zero attached hydrogens (tertiary/aromatic N) is 1. The molecule has 10 N–H and O–H groups in total. The summed E-state index contributed by atoms with van der Waals surface area (Å²) in [5.41, 5.74) is 15.9. The Labute approximate surface area is 219 Å². The Morgan fingerprint density at radius 3 is 2.45 bits per heavy atom. The SMILES string of the molecule is CN1CCc2cccc3c2[C@H]1Cc1ccc(O)c(O)c1-3.NC(CO)C(=O)NNCc1ccc(O)c(O)c1O. The second-order valence-electron chi connectivity index (χ2n) is 9.37. The lowest BCUT2D eigenvalue weighted by Crippen LogP contribution is -2.48. The number of hydrazine groups is 1. The average molecular weight is 525 g/mol. The lowest BCUT2D eigenvalue weighted by Gasteiger charge is -2.39. The zero-order valence-electron chi connectivity index (χ0n) is 20.8. The fourth-order valence-corrected chi connectivity index (χ4v) is 4.83. The quantitative estimate of drug-likeness (QED) is 0.172. The third-order valence-electron chi connectivity index (χ3n) is 6.96. The molecular formula is C27H32N4O7. The normalized spacial score (nSPS) is 16.4. The van der Waals surface area contributed by atoms with Crippen molar-refractivity contribution in [2.45, 2.75) is 31.5 Å². The van der Waals surface area contributed by atoms with Gasteiger partial charge in [0.05, 0.1) is 6.61 Å². The third-order valence-corrected chi connectivity index (χ3v) is 6.96. The van der Waals surface area contributed by atoms with Crippen molar-refractivity contribution in [3.8, 4) is 39.9 Å². The lowest BCUT2D eigenvalue weighted by molar-refractivity contribution is -0.124. The third kappa shape index (κ3) is 5.18. The van der Waals surface area contributed by atoms with Crippen LogP contribution in [0.25, 0.3) is 11.1 Å². The van der Waals surface area contributed by atoms with E-state index >= 15 is 0 Å².